The Bertz CT molecular complexity index is 203. The van der Waals surface area contributed by atoms with E-state index >= 15 is 0 Å². The van der Waals surface area contributed by atoms with Gasteiger partial charge in [-0.25, -0.2) is 0 Å². The maximum Gasteiger partial charge on any atom is 0.102 e. The summed E-state index contributed by atoms with van der Waals surface area (Å²) < 4.78 is 0. The van der Waals surface area contributed by atoms with E-state index in [0.29, 0.717) is 5.37 Å². The Morgan fingerprint density at radius 2 is 2.56 bits per heavy atom. The lowest BCUT2D eigenvalue weighted by Gasteiger charge is -2.13. The van der Waals surface area contributed by atoms with E-state index in [0.717, 1.165) is 0 Å². The normalized spacial score (nSPS) is 29.3. The molecule has 0 fully saturated rings. The fourth-order valence-electron chi connectivity index (χ4n) is 0.943. The second-order valence-electron chi connectivity index (χ2n) is 2.01. The lowest BCUT2D eigenvalue weighted by atomic mass is 10.2. The highest BCUT2D eigenvalue weighted by atomic mass is 32.2. The first-order chi connectivity index (χ1) is 4.47. The number of thioether (sulfide) groups is 1. The largest absolute Gasteiger partial charge is 0.375 e. The van der Waals surface area contributed by atoms with Crippen LogP contribution in [0, 0.1) is 0 Å². The van der Waals surface area contributed by atoms with Crippen LogP contribution >= 0.6 is 11.8 Å². The summed E-state index contributed by atoms with van der Waals surface area (Å²) in [6.45, 7) is 0. The highest BCUT2D eigenvalue weighted by Crippen LogP contribution is 2.28. The SMILES string of the molecule is C1=CNC2SC=CC2=C1. The third kappa shape index (κ3) is 0.793. The van der Waals surface area contributed by atoms with Crippen molar-refractivity contribution in [3.63, 3.8) is 0 Å². The first kappa shape index (κ1) is 5.18. The van der Waals surface area contributed by atoms with Gasteiger partial charge in [-0.3, -0.25) is 0 Å². The zero-order valence-corrected chi connectivity index (χ0v) is 5.69. The van der Waals surface area contributed by atoms with Crippen molar-refractivity contribution in [1.82, 2.24) is 5.32 Å². The molecule has 0 radical (unpaired) electrons. The molecule has 2 rings (SSSR count). The quantitative estimate of drug-likeness (QED) is 0.544. The molecule has 0 amide bonds. The molecule has 1 unspecified atom stereocenters. The molecule has 2 aliphatic rings. The molecule has 2 aliphatic heterocycles. The molecule has 0 spiro atoms. The van der Waals surface area contributed by atoms with Crippen LogP contribution in [0.2, 0.25) is 0 Å². The molecule has 9 heavy (non-hydrogen) atoms. The number of rotatable bonds is 0. The van der Waals surface area contributed by atoms with Crippen LogP contribution in [0.4, 0.5) is 0 Å². The Morgan fingerprint density at radius 3 is 3.44 bits per heavy atom. The molecule has 1 atom stereocenters. The van der Waals surface area contributed by atoms with Gasteiger partial charge in [0.05, 0.1) is 0 Å². The predicted octanol–water partition coefficient (Wildman–Crippen LogP) is 1.62. The van der Waals surface area contributed by atoms with Gasteiger partial charge in [0.25, 0.3) is 0 Å². The minimum absolute atomic E-state index is 0.495. The summed E-state index contributed by atoms with van der Waals surface area (Å²) in [7, 11) is 0. The summed E-state index contributed by atoms with van der Waals surface area (Å²) in [5.74, 6) is 0. The van der Waals surface area contributed by atoms with E-state index in [-0.39, 0.29) is 0 Å². The Hall–Kier alpha value is -0.630. The summed E-state index contributed by atoms with van der Waals surface area (Å²) in [5, 5.41) is 5.85. The maximum atomic E-state index is 3.23. The van der Waals surface area contributed by atoms with Crippen molar-refractivity contribution >= 4 is 11.8 Å². The van der Waals surface area contributed by atoms with Crippen molar-refractivity contribution in [2.45, 2.75) is 5.37 Å². The van der Waals surface area contributed by atoms with Gasteiger partial charge in [-0.15, -0.1) is 11.8 Å². The maximum absolute atomic E-state index is 3.23. The van der Waals surface area contributed by atoms with Gasteiger partial charge in [0.1, 0.15) is 5.37 Å². The molecule has 1 nitrogen and oxygen atoms in total. The number of nitrogens with one attached hydrogen (secondary N) is 1. The van der Waals surface area contributed by atoms with Crippen molar-refractivity contribution in [3.8, 4) is 0 Å². The van der Waals surface area contributed by atoms with Gasteiger partial charge >= 0.3 is 0 Å². The van der Waals surface area contributed by atoms with E-state index in [1.807, 2.05) is 24.0 Å². The van der Waals surface area contributed by atoms with Gasteiger partial charge in [0.15, 0.2) is 0 Å². The van der Waals surface area contributed by atoms with Crippen molar-refractivity contribution in [3.05, 3.63) is 35.4 Å². The highest BCUT2D eigenvalue weighted by molar-refractivity contribution is 8.03. The van der Waals surface area contributed by atoms with Crippen LogP contribution < -0.4 is 5.32 Å². The average Bonchev–Trinajstić information content (AvgIpc) is 2.33. The average molecular weight is 137 g/mol. The minimum Gasteiger partial charge on any atom is -0.375 e. The lowest BCUT2D eigenvalue weighted by molar-refractivity contribution is 0.891. The molecule has 0 aromatic heterocycles. The minimum atomic E-state index is 0.495. The van der Waals surface area contributed by atoms with Crippen LogP contribution in [-0.4, -0.2) is 5.37 Å². The van der Waals surface area contributed by atoms with Crippen LogP contribution in [-0.2, 0) is 0 Å². The summed E-state index contributed by atoms with van der Waals surface area (Å²) in [6.07, 6.45) is 8.29. The number of fused-ring (bicyclic) bond motifs is 1. The van der Waals surface area contributed by atoms with Crippen molar-refractivity contribution < 1.29 is 0 Å². The van der Waals surface area contributed by atoms with Crippen molar-refractivity contribution in [2.24, 2.45) is 0 Å². The molecule has 0 bridgehead atoms. The monoisotopic (exact) mass is 137 g/mol. The van der Waals surface area contributed by atoms with E-state index in [1.165, 1.54) is 5.57 Å². The third-order valence-electron chi connectivity index (χ3n) is 1.41. The van der Waals surface area contributed by atoms with Crippen LogP contribution in [0.15, 0.2) is 35.4 Å². The molecule has 1 N–H and O–H groups in total. The van der Waals surface area contributed by atoms with Gasteiger partial charge in [-0.05, 0) is 29.3 Å². The van der Waals surface area contributed by atoms with Crippen LogP contribution in [0.25, 0.3) is 0 Å². The van der Waals surface area contributed by atoms with E-state index in [4.69, 9.17) is 0 Å². The molecule has 0 saturated carbocycles. The standard InChI is InChI=1S/C7H7NS/c1-2-6-3-5-9-7(6)8-4-1/h1-5,7-8H. The van der Waals surface area contributed by atoms with E-state index in [2.05, 4.69) is 22.9 Å². The van der Waals surface area contributed by atoms with Gasteiger partial charge in [0, 0.05) is 0 Å². The van der Waals surface area contributed by atoms with Crippen LogP contribution in [0.5, 0.6) is 0 Å². The molecule has 0 aromatic rings. The summed E-state index contributed by atoms with van der Waals surface area (Å²) in [5.41, 5.74) is 1.38. The Kier molecular flexibility index (Phi) is 1.12. The van der Waals surface area contributed by atoms with Crippen molar-refractivity contribution in [1.29, 1.82) is 0 Å². The van der Waals surface area contributed by atoms with Gasteiger partial charge in [0.2, 0.25) is 0 Å². The molecule has 0 saturated heterocycles. The second kappa shape index (κ2) is 1.95. The fourth-order valence-corrected chi connectivity index (χ4v) is 1.81. The number of allylic oxidation sites excluding steroid dienone is 2. The molecule has 2 heteroatoms. The third-order valence-corrected chi connectivity index (χ3v) is 2.38. The molecule has 0 aliphatic carbocycles. The van der Waals surface area contributed by atoms with E-state index in [9.17, 15) is 0 Å². The Morgan fingerprint density at radius 1 is 1.56 bits per heavy atom. The zero-order valence-electron chi connectivity index (χ0n) is 4.87. The highest BCUT2D eigenvalue weighted by Gasteiger charge is 2.15. The van der Waals surface area contributed by atoms with Gasteiger partial charge < -0.3 is 5.32 Å². The Labute approximate surface area is 58.5 Å². The number of hydrogen-bond acceptors (Lipinski definition) is 2. The van der Waals surface area contributed by atoms with E-state index < -0.39 is 0 Å². The smallest absolute Gasteiger partial charge is 0.102 e. The number of dihydropyridines is 1. The first-order valence-electron chi connectivity index (χ1n) is 2.91. The molecule has 2 heterocycles. The summed E-state index contributed by atoms with van der Waals surface area (Å²) in [6, 6.07) is 0. The predicted molar refractivity (Wildman–Crippen MR) is 40.9 cm³/mol. The van der Waals surface area contributed by atoms with E-state index in [1.54, 1.807) is 0 Å². The zero-order chi connectivity index (χ0) is 6.10. The summed E-state index contributed by atoms with van der Waals surface area (Å²) >= 11 is 1.82. The lowest BCUT2D eigenvalue weighted by Crippen LogP contribution is -2.21. The molecule has 46 valence electrons. The Balaban J connectivity index is 2.31. The topological polar surface area (TPSA) is 12.0 Å². The summed E-state index contributed by atoms with van der Waals surface area (Å²) in [4.78, 5) is 0. The molecular formula is C7H7NS. The molecular weight excluding hydrogens is 130 g/mol. The van der Waals surface area contributed by atoms with Gasteiger partial charge in [-0.2, -0.15) is 0 Å². The fraction of sp³-hybridized carbons (Fsp3) is 0.143. The molecule has 0 aromatic carbocycles. The first-order valence-corrected chi connectivity index (χ1v) is 3.86. The second-order valence-corrected chi connectivity index (χ2v) is 3.03. The number of hydrogen-bond donors (Lipinski definition) is 1. The van der Waals surface area contributed by atoms with Gasteiger partial charge in [-0.1, -0.05) is 6.08 Å². The van der Waals surface area contributed by atoms with Crippen LogP contribution in [0.1, 0.15) is 0 Å². The van der Waals surface area contributed by atoms with Crippen LogP contribution in [0.3, 0.4) is 0 Å². The van der Waals surface area contributed by atoms with Crippen molar-refractivity contribution in [2.75, 3.05) is 0 Å².